The maximum absolute atomic E-state index is 5.63. The third kappa shape index (κ3) is 3.94. The quantitative estimate of drug-likeness (QED) is 0.595. The van der Waals surface area contributed by atoms with E-state index in [-0.39, 0.29) is 0 Å². The van der Waals surface area contributed by atoms with Gasteiger partial charge in [-0.25, -0.2) is 0 Å². The van der Waals surface area contributed by atoms with E-state index in [0.29, 0.717) is 5.54 Å². The zero-order valence-electron chi connectivity index (χ0n) is 15.3. The van der Waals surface area contributed by atoms with Gasteiger partial charge in [0.25, 0.3) is 0 Å². The van der Waals surface area contributed by atoms with Crippen LogP contribution in [0.1, 0.15) is 44.9 Å². The zero-order valence-corrected chi connectivity index (χ0v) is 16.2. The van der Waals surface area contributed by atoms with E-state index in [1.54, 1.807) is 0 Å². The molecule has 0 amide bonds. The number of nitrogens with zero attached hydrogens (tertiary/aromatic N) is 1. The summed E-state index contributed by atoms with van der Waals surface area (Å²) in [5, 5.41) is 8.09. The first-order chi connectivity index (χ1) is 12.1. The summed E-state index contributed by atoms with van der Waals surface area (Å²) in [6, 6.07) is 10.6. The molecule has 25 heavy (non-hydrogen) atoms. The molecule has 0 atom stereocenters. The number of para-hydroxylation sites is 1. The first-order valence-electron chi connectivity index (χ1n) is 9.94. The summed E-state index contributed by atoms with van der Waals surface area (Å²) in [5.74, 6) is 2.88. The van der Waals surface area contributed by atoms with Gasteiger partial charge in [0.15, 0.2) is 5.11 Å². The van der Waals surface area contributed by atoms with Crippen molar-refractivity contribution in [3.05, 3.63) is 30.3 Å². The predicted octanol–water partition coefficient (Wildman–Crippen LogP) is 3.95. The van der Waals surface area contributed by atoms with Gasteiger partial charge in [-0.3, -0.25) is 0 Å². The minimum absolute atomic E-state index is 0.319. The summed E-state index contributed by atoms with van der Waals surface area (Å²) < 4.78 is 0. The lowest BCUT2D eigenvalue weighted by molar-refractivity contribution is -0.0101. The molecule has 0 radical (unpaired) electrons. The number of nitrogens with one attached hydrogen (secondary N) is 2. The Kier molecular flexibility index (Phi) is 4.90. The summed E-state index contributed by atoms with van der Waals surface area (Å²) in [5.41, 5.74) is 1.59. The Balaban J connectivity index is 1.20. The van der Waals surface area contributed by atoms with Gasteiger partial charge in [0.1, 0.15) is 0 Å². The number of benzene rings is 1. The summed E-state index contributed by atoms with van der Waals surface area (Å²) in [7, 11) is 2.15. The fourth-order valence-corrected chi connectivity index (χ4v) is 6.20. The summed E-state index contributed by atoms with van der Waals surface area (Å²) in [4.78, 5) is 2.30. The first kappa shape index (κ1) is 17.1. The molecule has 4 saturated carbocycles. The average molecular weight is 358 g/mol. The van der Waals surface area contributed by atoms with E-state index in [9.17, 15) is 0 Å². The SMILES string of the molecule is CN(CCCNC(=S)NC12CC3CC(CC(C3)C1)C2)c1ccccc1. The van der Waals surface area contributed by atoms with Crippen molar-refractivity contribution < 1.29 is 0 Å². The molecule has 0 saturated heterocycles. The Bertz CT molecular complexity index is 565. The minimum atomic E-state index is 0.319. The Labute approximate surface area is 157 Å². The second kappa shape index (κ2) is 7.14. The molecule has 4 bridgehead atoms. The third-order valence-corrected chi connectivity index (χ3v) is 6.82. The van der Waals surface area contributed by atoms with Crippen LogP contribution in [0.15, 0.2) is 30.3 Å². The van der Waals surface area contributed by atoms with Gasteiger partial charge in [0, 0.05) is 31.4 Å². The van der Waals surface area contributed by atoms with E-state index in [1.165, 1.54) is 44.2 Å². The van der Waals surface area contributed by atoms with E-state index in [1.807, 2.05) is 0 Å². The lowest BCUT2D eigenvalue weighted by Gasteiger charge is -2.57. The topological polar surface area (TPSA) is 27.3 Å². The number of hydrogen-bond donors (Lipinski definition) is 2. The van der Waals surface area contributed by atoms with E-state index in [0.717, 1.165) is 42.4 Å². The van der Waals surface area contributed by atoms with Crippen molar-refractivity contribution in [2.24, 2.45) is 17.8 Å². The monoisotopic (exact) mass is 357 g/mol. The number of rotatable bonds is 6. The molecule has 0 aliphatic heterocycles. The van der Waals surface area contributed by atoms with Gasteiger partial charge in [-0.2, -0.15) is 0 Å². The zero-order chi connectivity index (χ0) is 17.3. The molecule has 4 fully saturated rings. The maximum atomic E-state index is 5.63. The van der Waals surface area contributed by atoms with Crippen LogP contribution >= 0.6 is 12.2 Å². The highest BCUT2D eigenvalue weighted by molar-refractivity contribution is 7.80. The molecule has 0 spiro atoms. The fourth-order valence-electron chi connectivity index (χ4n) is 5.88. The molecule has 2 N–H and O–H groups in total. The van der Waals surface area contributed by atoms with Gasteiger partial charge in [0.05, 0.1) is 0 Å². The lowest BCUT2D eigenvalue weighted by atomic mass is 9.53. The molecule has 136 valence electrons. The van der Waals surface area contributed by atoms with Crippen molar-refractivity contribution in [2.45, 2.75) is 50.5 Å². The lowest BCUT2D eigenvalue weighted by Crippen LogP contribution is -2.61. The number of thiocarbonyl (C=S) groups is 1. The van der Waals surface area contributed by atoms with Crippen LogP contribution in [-0.4, -0.2) is 30.8 Å². The second-order valence-corrected chi connectivity index (χ2v) is 9.10. The van der Waals surface area contributed by atoms with Crippen LogP contribution in [0.4, 0.5) is 5.69 Å². The molecule has 1 aromatic carbocycles. The molecule has 0 heterocycles. The summed E-state index contributed by atoms with van der Waals surface area (Å²) >= 11 is 5.63. The minimum Gasteiger partial charge on any atom is -0.375 e. The molecule has 5 rings (SSSR count). The van der Waals surface area contributed by atoms with Gasteiger partial charge >= 0.3 is 0 Å². The van der Waals surface area contributed by atoms with Crippen molar-refractivity contribution in [1.82, 2.24) is 10.6 Å². The summed E-state index contributed by atoms with van der Waals surface area (Å²) in [6.07, 6.45) is 9.56. The summed E-state index contributed by atoms with van der Waals surface area (Å²) in [6.45, 7) is 1.98. The highest BCUT2D eigenvalue weighted by Gasteiger charge is 2.51. The number of hydrogen-bond acceptors (Lipinski definition) is 2. The van der Waals surface area contributed by atoms with Gasteiger partial charge in [-0.15, -0.1) is 0 Å². The Morgan fingerprint density at radius 2 is 1.68 bits per heavy atom. The molecule has 0 unspecified atom stereocenters. The van der Waals surface area contributed by atoms with Gasteiger partial charge in [-0.1, -0.05) is 18.2 Å². The van der Waals surface area contributed by atoms with Crippen molar-refractivity contribution in [3.8, 4) is 0 Å². The molecular formula is C21H31N3S. The van der Waals surface area contributed by atoms with E-state index in [2.05, 4.69) is 52.9 Å². The number of anilines is 1. The Morgan fingerprint density at radius 3 is 2.28 bits per heavy atom. The molecule has 3 nitrogen and oxygen atoms in total. The Morgan fingerprint density at radius 1 is 1.08 bits per heavy atom. The molecule has 4 aliphatic carbocycles. The Hall–Kier alpha value is -1.29. The highest BCUT2D eigenvalue weighted by Crippen LogP contribution is 2.55. The van der Waals surface area contributed by atoms with Crippen molar-refractivity contribution in [2.75, 3.05) is 25.0 Å². The first-order valence-corrected chi connectivity index (χ1v) is 10.3. The highest BCUT2D eigenvalue weighted by atomic mass is 32.1. The van der Waals surface area contributed by atoms with Gasteiger partial charge in [0.2, 0.25) is 0 Å². The van der Waals surface area contributed by atoms with Crippen LogP contribution in [0.2, 0.25) is 0 Å². The third-order valence-electron chi connectivity index (χ3n) is 6.57. The van der Waals surface area contributed by atoms with Crippen molar-refractivity contribution >= 4 is 23.0 Å². The molecule has 4 aliphatic rings. The van der Waals surface area contributed by atoms with E-state index < -0.39 is 0 Å². The normalized spacial score (nSPS) is 32.4. The van der Waals surface area contributed by atoms with Crippen molar-refractivity contribution in [1.29, 1.82) is 0 Å². The van der Waals surface area contributed by atoms with Gasteiger partial charge in [-0.05, 0) is 87.1 Å². The standard InChI is InChI=1S/C21H31N3S/c1-24(19-6-3-2-4-7-19)9-5-8-22-20(25)23-21-13-16-10-17(14-21)12-18(11-16)15-21/h2-4,6-7,16-18H,5,8-15H2,1H3,(H2,22,23,25). The largest absolute Gasteiger partial charge is 0.375 e. The van der Waals surface area contributed by atoms with Crippen molar-refractivity contribution in [3.63, 3.8) is 0 Å². The van der Waals surface area contributed by atoms with Crippen LogP contribution < -0.4 is 15.5 Å². The van der Waals surface area contributed by atoms with Crippen LogP contribution in [0.5, 0.6) is 0 Å². The fraction of sp³-hybridized carbons (Fsp3) is 0.667. The second-order valence-electron chi connectivity index (χ2n) is 8.69. The maximum Gasteiger partial charge on any atom is 0.166 e. The molecule has 1 aromatic rings. The van der Waals surface area contributed by atoms with Gasteiger partial charge < -0.3 is 15.5 Å². The smallest absolute Gasteiger partial charge is 0.166 e. The molecule has 0 aromatic heterocycles. The van der Waals surface area contributed by atoms with E-state index in [4.69, 9.17) is 12.2 Å². The predicted molar refractivity (Wildman–Crippen MR) is 109 cm³/mol. The van der Waals surface area contributed by atoms with Crippen LogP contribution in [0.25, 0.3) is 0 Å². The molecule has 4 heteroatoms. The van der Waals surface area contributed by atoms with Crippen LogP contribution in [0.3, 0.4) is 0 Å². The average Bonchev–Trinajstić information content (AvgIpc) is 2.57. The van der Waals surface area contributed by atoms with E-state index >= 15 is 0 Å². The molecular weight excluding hydrogens is 326 g/mol. The van der Waals surface area contributed by atoms with Crippen LogP contribution in [0, 0.1) is 17.8 Å². The van der Waals surface area contributed by atoms with Crippen LogP contribution in [-0.2, 0) is 0 Å².